The highest BCUT2D eigenvalue weighted by Gasteiger charge is 2.09. The van der Waals surface area contributed by atoms with Crippen molar-refractivity contribution in [3.05, 3.63) is 30.6 Å². The van der Waals surface area contributed by atoms with E-state index in [0.717, 1.165) is 29.7 Å². The van der Waals surface area contributed by atoms with Crippen LogP contribution in [-0.2, 0) is 16.1 Å². The van der Waals surface area contributed by atoms with E-state index in [-0.39, 0.29) is 17.4 Å². The van der Waals surface area contributed by atoms with E-state index in [0.29, 0.717) is 5.69 Å². The number of carboxylic acids is 1. The zero-order valence-corrected chi connectivity index (χ0v) is 12.8. The van der Waals surface area contributed by atoms with E-state index < -0.39 is 5.97 Å². The van der Waals surface area contributed by atoms with Gasteiger partial charge in [-0.15, -0.1) is 22.0 Å². The lowest BCUT2D eigenvalue weighted by Gasteiger charge is -2.07. The van der Waals surface area contributed by atoms with Crippen LogP contribution in [0.4, 0.5) is 5.69 Å². The maximum Gasteiger partial charge on any atom is 0.313 e. The molecule has 0 atom stereocenters. The zero-order valence-electron chi connectivity index (χ0n) is 12.0. The Bertz CT molecular complexity index is 672. The van der Waals surface area contributed by atoms with Crippen molar-refractivity contribution >= 4 is 29.3 Å². The molecular formula is C14H16N4O3S. The summed E-state index contributed by atoms with van der Waals surface area (Å²) in [6, 6.07) is 7.31. The second-order valence-corrected chi connectivity index (χ2v) is 5.44. The summed E-state index contributed by atoms with van der Waals surface area (Å²) in [5, 5.41) is 19.2. The van der Waals surface area contributed by atoms with Crippen molar-refractivity contribution in [3.8, 4) is 11.4 Å². The van der Waals surface area contributed by atoms with Crippen LogP contribution in [0.5, 0.6) is 0 Å². The van der Waals surface area contributed by atoms with Gasteiger partial charge in [0.2, 0.25) is 5.91 Å². The molecule has 116 valence electrons. The van der Waals surface area contributed by atoms with Crippen LogP contribution in [0.1, 0.15) is 6.92 Å². The number of aliphatic carboxylic acids is 1. The predicted molar refractivity (Wildman–Crippen MR) is 84.7 cm³/mol. The lowest BCUT2D eigenvalue weighted by molar-refractivity contribution is -0.133. The number of nitrogens with zero attached hydrogens (tertiary/aromatic N) is 3. The van der Waals surface area contributed by atoms with Crippen molar-refractivity contribution in [3.63, 3.8) is 0 Å². The molecule has 22 heavy (non-hydrogen) atoms. The second-order valence-electron chi connectivity index (χ2n) is 4.46. The number of rotatable bonds is 7. The minimum atomic E-state index is -0.932. The second kappa shape index (κ2) is 7.60. The lowest BCUT2D eigenvalue weighted by atomic mass is 10.2. The van der Waals surface area contributed by atoms with Crippen molar-refractivity contribution in [2.24, 2.45) is 0 Å². The summed E-state index contributed by atoms with van der Waals surface area (Å²) in [6.07, 6.45) is 1.66. The van der Waals surface area contributed by atoms with Crippen LogP contribution in [0.3, 0.4) is 0 Å². The average Bonchev–Trinajstić information content (AvgIpc) is 2.95. The highest BCUT2D eigenvalue weighted by molar-refractivity contribution is 8.00. The molecule has 1 amide bonds. The molecule has 0 unspecified atom stereocenters. The number of hydrogen-bond acceptors (Lipinski definition) is 5. The van der Waals surface area contributed by atoms with E-state index in [9.17, 15) is 9.59 Å². The molecule has 0 aliphatic heterocycles. The maximum absolute atomic E-state index is 11.8. The third-order valence-corrected chi connectivity index (χ3v) is 3.74. The number of anilines is 1. The van der Waals surface area contributed by atoms with Gasteiger partial charge in [0.15, 0.2) is 5.82 Å². The first-order valence-corrected chi connectivity index (χ1v) is 7.83. The summed E-state index contributed by atoms with van der Waals surface area (Å²) >= 11 is 1.06. The van der Waals surface area contributed by atoms with Gasteiger partial charge in [0, 0.05) is 17.8 Å². The summed E-state index contributed by atoms with van der Waals surface area (Å²) in [5.74, 6) is -0.424. The molecule has 2 rings (SSSR count). The van der Waals surface area contributed by atoms with Crippen molar-refractivity contribution in [2.45, 2.75) is 13.5 Å². The van der Waals surface area contributed by atoms with Crippen LogP contribution < -0.4 is 5.32 Å². The van der Waals surface area contributed by atoms with Crippen LogP contribution in [0.15, 0.2) is 30.6 Å². The van der Waals surface area contributed by atoms with Gasteiger partial charge in [0.1, 0.15) is 6.33 Å². The van der Waals surface area contributed by atoms with Gasteiger partial charge in [-0.05, 0) is 19.1 Å². The molecule has 1 aromatic carbocycles. The smallest absolute Gasteiger partial charge is 0.313 e. The predicted octanol–water partition coefficient (Wildman–Crippen LogP) is 1.72. The van der Waals surface area contributed by atoms with Crippen molar-refractivity contribution in [1.82, 2.24) is 14.8 Å². The minimum absolute atomic E-state index is 0.0902. The van der Waals surface area contributed by atoms with Crippen molar-refractivity contribution in [1.29, 1.82) is 0 Å². The number of carboxylic acid groups (broad SMARTS) is 1. The number of carbonyl (C=O) groups is 2. The molecule has 1 aromatic heterocycles. The molecule has 0 bridgehead atoms. The van der Waals surface area contributed by atoms with E-state index in [4.69, 9.17) is 5.11 Å². The number of hydrogen-bond donors (Lipinski definition) is 2. The zero-order chi connectivity index (χ0) is 15.9. The van der Waals surface area contributed by atoms with E-state index in [1.54, 1.807) is 12.4 Å². The SMILES string of the molecule is CCn1cnnc1-c1cccc(NC(=O)CSCC(=O)O)c1. The summed E-state index contributed by atoms with van der Waals surface area (Å²) in [6.45, 7) is 2.75. The molecule has 0 radical (unpaired) electrons. The number of amides is 1. The Hall–Kier alpha value is -2.35. The van der Waals surface area contributed by atoms with Crippen molar-refractivity contribution < 1.29 is 14.7 Å². The van der Waals surface area contributed by atoms with E-state index in [1.807, 2.05) is 29.7 Å². The molecule has 0 saturated carbocycles. The molecule has 1 heterocycles. The van der Waals surface area contributed by atoms with Gasteiger partial charge in [-0.25, -0.2) is 0 Å². The molecule has 2 N–H and O–H groups in total. The van der Waals surface area contributed by atoms with E-state index in [2.05, 4.69) is 15.5 Å². The number of aromatic nitrogens is 3. The van der Waals surface area contributed by atoms with Crippen LogP contribution in [0.25, 0.3) is 11.4 Å². The van der Waals surface area contributed by atoms with Gasteiger partial charge < -0.3 is 15.0 Å². The molecule has 7 nitrogen and oxygen atoms in total. The largest absolute Gasteiger partial charge is 0.481 e. The van der Waals surface area contributed by atoms with E-state index in [1.165, 1.54) is 0 Å². The Morgan fingerprint density at radius 3 is 2.91 bits per heavy atom. The molecule has 0 saturated heterocycles. The topological polar surface area (TPSA) is 97.1 Å². The standard InChI is InChI=1S/C14H16N4O3S/c1-2-18-9-15-17-14(18)10-4-3-5-11(6-10)16-12(19)7-22-8-13(20)21/h3-6,9H,2,7-8H2,1H3,(H,16,19)(H,20,21). The average molecular weight is 320 g/mol. The molecular weight excluding hydrogens is 304 g/mol. The number of nitrogens with one attached hydrogen (secondary N) is 1. The van der Waals surface area contributed by atoms with Gasteiger partial charge in [-0.3, -0.25) is 9.59 Å². The Labute approximate surface area is 131 Å². The summed E-state index contributed by atoms with van der Waals surface area (Å²) in [7, 11) is 0. The number of benzene rings is 1. The van der Waals surface area contributed by atoms with Gasteiger partial charge in [-0.1, -0.05) is 12.1 Å². The Kier molecular flexibility index (Phi) is 5.54. The summed E-state index contributed by atoms with van der Waals surface area (Å²) in [4.78, 5) is 22.2. The normalized spacial score (nSPS) is 10.4. The van der Waals surface area contributed by atoms with Crippen molar-refractivity contribution in [2.75, 3.05) is 16.8 Å². The molecule has 0 aliphatic carbocycles. The van der Waals surface area contributed by atoms with Crippen LogP contribution in [0.2, 0.25) is 0 Å². The fourth-order valence-corrected chi connectivity index (χ4v) is 2.41. The fourth-order valence-electron chi connectivity index (χ4n) is 1.87. The first-order chi connectivity index (χ1) is 10.6. The monoisotopic (exact) mass is 320 g/mol. The highest BCUT2D eigenvalue weighted by atomic mass is 32.2. The van der Waals surface area contributed by atoms with Gasteiger partial charge >= 0.3 is 5.97 Å². The van der Waals surface area contributed by atoms with Crippen LogP contribution in [-0.4, -0.2) is 43.3 Å². The Balaban J connectivity index is 2.03. The third kappa shape index (κ3) is 4.32. The van der Waals surface area contributed by atoms with E-state index >= 15 is 0 Å². The fraction of sp³-hybridized carbons (Fsp3) is 0.286. The quantitative estimate of drug-likeness (QED) is 0.806. The molecule has 0 spiro atoms. The first kappa shape index (κ1) is 16.0. The lowest BCUT2D eigenvalue weighted by Crippen LogP contribution is -2.15. The molecule has 0 aliphatic rings. The third-order valence-electron chi connectivity index (χ3n) is 2.82. The van der Waals surface area contributed by atoms with Crippen LogP contribution in [0, 0.1) is 0 Å². The Morgan fingerprint density at radius 2 is 2.18 bits per heavy atom. The molecule has 0 fully saturated rings. The Morgan fingerprint density at radius 1 is 1.36 bits per heavy atom. The number of aryl methyl sites for hydroxylation is 1. The summed E-state index contributed by atoms with van der Waals surface area (Å²) in [5.41, 5.74) is 1.50. The minimum Gasteiger partial charge on any atom is -0.481 e. The van der Waals surface area contributed by atoms with Gasteiger partial charge in [-0.2, -0.15) is 0 Å². The molecule has 2 aromatic rings. The number of carbonyl (C=O) groups excluding carboxylic acids is 1. The molecule has 8 heteroatoms. The number of thioether (sulfide) groups is 1. The highest BCUT2D eigenvalue weighted by Crippen LogP contribution is 2.20. The summed E-state index contributed by atoms with van der Waals surface area (Å²) < 4.78 is 1.91. The first-order valence-electron chi connectivity index (χ1n) is 6.67. The van der Waals surface area contributed by atoms with Gasteiger partial charge in [0.05, 0.1) is 11.5 Å². The van der Waals surface area contributed by atoms with Gasteiger partial charge in [0.25, 0.3) is 0 Å². The van der Waals surface area contributed by atoms with Crippen LogP contribution >= 0.6 is 11.8 Å². The maximum atomic E-state index is 11.8.